The highest BCUT2D eigenvalue weighted by Crippen LogP contribution is 2.33. The van der Waals surface area contributed by atoms with Crippen LogP contribution in [0.2, 0.25) is 20.4 Å². The van der Waals surface area contributed by atoms with Crippen LogP contribution in [0, 0.1) is 23.3 Å². The summed E-state index contributed by atoms with van der Waals surface area (Å²) in [5.74, 6) is -3.96. The van der Waals surface area contributed by atoms with Crippen LogP contribution in [0.4, 0.5) is 33.3 Å². The van der Waals surface area contributed by atoms with E-state index < -0.39 is 42.3 Å². The van der Waals surface area contributed by atoms with Gasteiger partial charge in [-0.1, -0.05) is 58.5 Å². The van der Waals surface area contributed by atoms with Gasteiger partial charge >= 0.3 is 5.97 Å². The molecular weight excluding hydrogens is 841 g/mol. The molecule has 2 N–H and O–H groups in total. The number of alkyl halides is 1. The van der Waals surface area contributed by atoms with Crippen LogP contribution >= 0.6 is 46.4 Å². The first-order chi connectivity index (χ1) is 27.7. The lowest BCUT2D eigenvalue weighted by molar-refractivity contribution is 0.0688. The molecule has 0 unspecified atom stereocenters. The fourth-order valence-electron chi connectivity index (χ4n) is 5.73. The third-order valence-electron chi connectivity index (χ3n) is 8.25. The number of carbonyl (C=O) groups excluding carboxylic acids is 1. The molecule has 0 aliphatic carbocycles. The molecular formula is C37H29Cl4F5N8O3. The van der Waals surface area contributed by atoms with E-state index in [9.17, 15) is 36.6 Å². The van der Waals surface area contributed by atoms with Gasteiger partial charge < -0.3 is 15.3 Å². The van der Waals surface area contributed by atoms with Gasteiger partial charge in [0.2, 0.25) is 0 Å². The Bertz CT molecular complexity index is 2440. The number of nitrogens with zero attached hydrogens (tertiary/aromatic N) is 7. The number of aromatic nitrogens is 6. The molecule has 11 nitrogen and oxygen atoms in total. The first-order valence-electron chi connectivity index (χ1n) is 17.2. The molecule has 0 saturated heterocycles. The summed E-state index contributed by atoms with van der Waals surface area (Å²) in [6.45, 7) is 0.663. The number of amides is 1. The number of carboxylic acids is 1. The number of carboxylic acid groups (broad SMARTS) is 1. The van der Waals surface area contributed by atoms with Crippen LogP contribution in [-0.4, -0.2) is 66.8 Å². The van der Waals surface area contributed by atoms with Crippen molar-refractivity contribution in [3.8, 4) is 0 Å². The van der Waals surface area contributed by atoms with Gasteiger partial charge in [0.1, 0.15) is 21.9 Å². The zero-order valence-corrected chi connectivity index (χ0v) is 32.2. The molecule has 0 fully saturated rings. The summed E-state index contributed by atoms with van der Waals surface area (Å²) in [5.41, 5.74) is 2.13. The van der Waals surface area contributed by atoms with E-state index >= 15 is 0 Å². The number of rotatable bonds is 10. The number of carbonyl (C=O) groups is 2. The quantitative estimate of drug-likeness (QED) is 0.131. The van der Waals surface area contributed by atoms with Crippen molar-refractivity contribution in [2.45, 2.75) is 25.9 Å². The molecule has 1 amide bonds. The maximum atomic E-state index is 14.3. The second kappa shape index (κ2) is 19.2. The fraction of sp³-hybridized carbons (Fsp3) is 0.189. The van der Waals surface area contributed by atoms with Crippen molar-refractivity contribution in [1.29, 1.82) is 0 Å². The molecule has 0 atom stereocenters. The summed E-state index contributed by atoms with van der Waals surface area (Å²) in [4.78, 5) is 33.2. The number of fused-ring (bicyclic) bond motifs is 1. The molecule has 0 bridgehead atoms. The number of hydrogen-bond donors (Lipinski definition) is 2. The zero-order valence-electron chi connectivity index (χ0n) is 30.2. The molecule has 0 saturated carbocycles. The lowest BCUT2D eigenvalue weighted by Gasteiger charge is -2.26. The standard InChI is InChI=1S/C18H14Cl2F2N4O2.C18H12Cl2F2N4O.CH3F/c19-13-2-1-3-14(15(13)22)24-5-4-12-16(18(27)28)25-26(17(12)20)9-10-6-11(21)8-23-7-10;19-13-2-1-3-14(15(13)22)25-5-4-12-16(18(25)27)24-26(17(12)20)9-10-6-11(21)8-23-7-10;1-2/h1-3,6-8,24H,4-5,9H2,(H,27,28);1-3,6-8H,4-5,9H2;1H3/i;;1D. The number of nitrogens with one attached hydrogen (secondary N) is 1. The fourth-order valence-corrected chi connectivity index (χ4v) is 6.64. The van der Waals surface area contributed by atoms with Gasteiger partial charge in [0.15, 0.2) is 23.0 Å². The topological polar surface area (TPSA) is 131 Å². The van der Waals surface area contributed by atoms with E-state index in [0.29, 0.717) is 28.3 Å². The van der Waals surface area contributed by atoms with Gasteiger partial charge in [0.05, 0.1) is 55.4 Å². The number of hydrogen-bond acceptors (Lipinski definition) is 7. The molecule has 0 spiro atoms. The van der Waals surface area contributed by atoms with Crippen LogP contribution in [0.3, 0.4) is 0 Å². The van der Waals surface area contributed by atoms with E-state index in [-0.39, 0.29) is 76.1 Å². The Labute approximate surface area is 343 Å². The average Bonchev–Trinajstić information content (AvgIpc) is 3.67. The highest BCUT2D eigenvalue weighted by Gasteiger charge is 2.33. The summed E-state index contributed by atoms with van der Waals surface area (Å²) in [7, 11) is -1.00. The van der Waals surface area contributed by atoms with E-state index in [1.165, 1.54) is 63.1 Å². The minimum atomic E-state index is -1.25. The Morgan fingerprint density at radius 2 is 1.44 bits per heavy atom. The third kappa shape index (κ3) is 10.00. The summed E-state index contributed by atoms with van der Waals surface area (Å²) >= 11 is 24.2. The Morgan fingerprint density at radius 1 is 0.860 bits per heavy atom. The van der Waals surface area contributed by atoms with Crippen LogP contribution in [-0.2, 0) is 25.9 Å². The molecule has 57 heavy (non-hydrogen) atoms. The van der Waals surface area contributed by atoms with Gasteiger partial charge in [0, 0.05) is 36.6 Å². The van der Waals surface area contributed by atoms with Crippen LogP contribution in [0.15, 0.2) is 73.3 Å². The summed E-state index contributed by atoms with van der Waals surface area (Å²) in [6.07, 6.45) is 5.67. The Balaban J connectivity index is 0.000000207. The second-order valence-corrected chi connectivity index (χ2v) is 13.5. The predicted molar refractivity (Wildman–Crippen MR) is 205 cm³/mol. The molecule has 298 valence electrons. The van der Waals surface area contributed by atoms with E-state index in [1.807, 2.05) is 0 Å². The molecule has 1 aliphatic heterocycles. The normalized spacial score (nSPS) is 12.2. The van der Waals surface area contributed by atoms with E-state index in [2.05, 4.69) is 25.5 Å². The monoisotopic (exact) mass is 869 g/mol. The highest BCUT2D eigenvalue weighted by atomic mass is 35.5. The number of halogens is 9. The number of aromatic carboxylic acids is 1. The first-order valence-corrected chi connectivity index (χ1v) is 18.0. The van der Waals surface area contributed by atoms with Gasteiger partial charge in [-0.3, -0.25) is 19.2 Å². The summed E-state index contributed by atoms with van der Waals surface area (Å²) < 4.78 is 73.1. The number of anilines is 2. The number of benzene rings is 2. The van der Waals surface area contributed by atoms with Crippen molar-refractivity contribution in [3.05, 3.63) is 151 Å². The van der Waals surface area contributed by atoms with Gasteiger partial charge in [0.25, 0.3) is 5.91 Å². The maximum absolute atomic E-state index is 14.3. The number of pyridine rings is 2. The molecule has 2 aromatic carbocycles. The average molecular weight is 872 g/mol. The zero-order chi connectivity index (χ0) is 42.1. The minimum Gasteiger partial charge on any atom is -0.476 e. The van der Waals surface area contributed by atoms with Crippen molar-refractivity contribution in [2.24, 2.45) is 0 Å². The van der Waals surface area contributed by atoms with Crippen LogP contribution < -0.4 is 10.2 Å². The van der Waals surface area contributed by atoms with Gasteiger partial charge in [-0.05, 0) is 60.4 Å². The van der Waals surface area contributed by atoms with Crippen molar-refractivity contribution in [1.82, 2.24) is 29.5 Å². The van der Waals surface area contributed by atoms with Gasteiger partial charge in [-0.15, -0.1) is 0 Å². The Morgan fingerprint density at radius 3 is 2.04 bits per heavy atom. The van der Waals surface area contributed by atoms with Gasteiger partial charge in [-0.2, -0.15) is 10.2 Å². The highest BCUT2D eigenvalue weighted by molar-refractivity contribution is 6.32. The van der Waals surface area contributed by atoms with Gasteiger partial charge in [-0.25, -0.2) is 31.7 Å². The van der Waals surface area contributed by atoms with Crippen LogP contribution in [0.1, 0.15) is 44.6 Å². The smallest absolute Gasteiger partial charge is 0.356 e. The molecule has 0 radical (unpaired) electrons. The molecule has 6 aromatic rings. The molecule has 5 heterocycles. The molecule has 20 heteroatoms. The van der Waals surface area contributed by atoms with Crippen LogP contribution in [0.5, 0.6) is 0 Å². The van der Waals surface area contributed by atoms with Crippen molar-refractivity contribution >= 4 is 69.7 Å². The third-order valence-corrected chi connectivity index (χ3v) is 9.68. The van der Waals surface area contributed by atoms with Crippen molar-refractivity contribution < 1.29 is 38.0 Å². The van der Waals surface area contributed by atoms with E-state index in [4.69, 9.17) is 47.8 Å². The lowest BCUT2D eigenvalue weighted by atomic mass is 10.1. The van der Waals surface area contributed by atoms with Crippen molar-refractivity contribution in [3.63, 3.8) is 0 Å². The second-order valence-electron chi connectivity index (χ2n) is 11.9. The largest absolute Gasteiger partial charge is 0.476 e. The molecule has 7 rings (SSSR count). The first kappa shape index (κ1) is 41.3. The minimum absolute atomic E-state index is 0.0224. The Kier molecular flexibility index (Phi) is 14.0. The summed E-state index contributed by atoms with van der Waals surface area (Å²) in [5, 5.41) is 20.9. The Hall–Kier alpha value is -5.29. The SMILES string of the molecule is O=C(O)c1nn(Cc2cncc(F)c2)c(Cl)c1CCNc1cccc(Cl)c1F.O=C1c2nn(Cc3cncc(F)c3)c(Cl)c2CCN1c1cccc(Cl)c1F.[2H]CF. The van der Waals surface area contributed by atoms with Crippen LogP contribution in [0.25, 0.3) is 0 Å². The lowest BCUT2D eigenvalue weighted by Crippen LogP contribution is -2.38. The molecule has 1 aliphatic rings. The maximum Gasteiger partial charge on any atom is 0.356 e. The molecule has 4 aromatic heterocycles. The van der Waals surface area contributed by atoms with Crippen molar-refractivity contribution in [2.75, 3.05) is 30.5 Å². The van der Waals surface area contributed by atoms with E-state index in [0.717, 1.165) is 12.4 Å². The summed E-state index contributed by atoms with van der Waals surface area (Å²) in [6, 6.07) is 11.6. The predicted octanol–water partition coefficient (Wildman–Crippen LogP) is 8.96. The van der Waals surface area contributed by atoms with E-state index in [1.54, 1.807) is 12.1 Å².